The molecule has 2 fully saturated rings. The Bertz CT molecular complexity index is 902. The molecule has 0 radical (unpaired) electrons. The number of likely N-dealkylation sites (tertiary alicyclic amines) is 1. The van der Waals surface area contributed by atoms with Gasteiger partial charge in [-0.15, -0.1) is 11.3 Å². The van der Waals surface area contributed by atoms with Crippen molar-refractivity contribution in [2.75, 3.05) is 59.0 Å². The lowest BCUT2D eigenvalue weighted by molar-refractivity contribution is -0.131. The Kier molecular flexibility index (Phi) is 6.71. The summed E-state index contributed by atoms with van der Waals surface area (Å²) < 4.78 is 6.58. The molecule has 1 aromatic carbocycles. The maximum Gasteiger partial charge on any atom is 0.264 e. The lowest BCUT2D eigenvalue weighted by Gasteiger charge is -2.27. The number of thiophene rings is 1. The Balaban J connectivity index is 1.59. The van der Waals surface area contributed by atoms with Crippen molar-refractivity contribution < 1.29 is 14.3 Å². The van der Waals surface area contributed by atoms with Gasteiger partial charge in [0.25, 0.3) is 5.91 Å². The van der Waals surface area contributed by atoms with Crippen LogP contribution in [0.3, 0.4) is 0 Å². The Labute approximate surface area is 182 Å². The summed E-state index contributed by atoms with van der Waals surface area (Å²) >= 11 is 1.60. The molecule has 0 saturated carbocycles. The third kappa shape index (κ3) is 4.24. The molecule has 6 nitrogen and oxygen atoms in total. The first-order chi connectivity index (χ1) is 14.6. The summed E-state index contributed by atoms with van der Waals surface area (Å²) in [5, 5.41) is 1.17. The van der Waals surface area contributed by atoms with Gasteiger partial charge in [-0.2, -0.15) is 0 Å². The molecule has 2 aromatic rings. The number of benzene rings is 1. The topological polar surface area (TPSA) is 53.1 Å². The fourth-order valence-corrected chi connectivity index (χ4v) is 5.76. The lowest BCUT2D eigenvalue weighted by atomic mass is 9.94. The van der Waals surface area contributed by atoms with E-state index in [9.17, 15) is 9.59 Å². The summed E-state index contributed by atoms with van der Waals surface area (Å²) in [6.07, 6.45) is 0.911. The van der Waals surface area contributed by atoms with Crippen LogP contribution < -0.4 is 0 Å². The van der Waals surface area contributed by atoms with Gasteiger partial charge in [0.2, 0.25) is 5.91 Å². The number of hydrogen-bond donors (Lipinski definition) is 0. The normalized spacial score (nSPS) is 19.8. The third-order valence-corrected chi connectivity index (χ3v) is 7.50. The smallest absolute Gasteiger partial charge is 0.264 e. The summed E-state index contributed by atoms with van der Waals surface area (Å²) in [5.74, 6) is 0.519. The van der Waals surface area contributed by atoms with E-state index in [1.165, 1.54) is 5.39 Å². The monoisotopic (exact) mass is 429 g/mol. The van der Waals surface area contributed by atoms with Crippen molar-refractivity contribution in [3.8, 4) is 0 Å². The van der Waals surface area contributed by atoms with Crippen molar-refractivity contribution in [2.45, 2.75) is 26.2 Å². The molecule has 0 spiro atoms. The molecule has 4 rings (SSSR count). The molecule has 0 bridgehead atoms. The summed E-state index contributed by atoms with van der Waals surface area (Å²) in [6, 6.07) is 8.29. The van der Waals surface area contributed by atoms with Gasteiger partial charge in [-0.05, 0) is 36.5 Å². The average molecular weight is 430 g/mol. The van der Waals surface area contributed by atoms with Gasteiger partial charge in [-0.3, -0.25) is 14.5 Å². The molecule has 2 amide bonds. The van der Waals surface area contributed by atoms with Crippen molar-refractivity contribution in [1.82, 2.24) is 14.7 Å². The average Bonchev–Trinajstić information content (AvgIpc) is 3.42. The molecule has 162 valence electrons. The maximum absolute atomic E-state index is 13.4. The Morgan fingerprint density at radius 1 is 1.10 bits per heavy atom. The number of carbonyl (C=O) groups excluding carboxylic acids is 2. The number of fused-ring (bicyclic) bond motifs is 1. The van der Waals surface area contributed by atoms with Gasteiger partial charge in [-0.25, -0.2) is 0 Å². The van der Waals surface area contributed by atoms with Gasteiger partial charge < -0.3 is 14.5 Å². The first kappa shape index (κ1) is 21.3. The van der Waals surface area contributed by atoms with Gasteiger partial charge in [-0.1, -0.05) is 32.0 Å². The van der Waals surface area contributed by atoms with Crippen LogP contribution in [0.2, 0.25) is 0 Å². The molecule has 3 heterocycles. The van der Waals surface area contributed by atoms with Crippen LogP contribution in [0.1, 0.15) is 41.4 Å². The minimum absolute atomic E-state index is 0.113. The van der Waals surface area contributed by atoms with Crippen LogP contribution in [0, 0.1) is 0 Å². The SMILES string of the molecule is CCN(CC)CC(=O)N1CC[C@H](c2c(C(=O)N3CCOCC3)sc3ccccc23)C1. The van der Waals surface area contributed by atoms with Crippen molar-refractivity contribution in [3.63, 3.8) is 0 Å². The van der Waals surface area contributed by atoms with Crippen LogP contribution in [0.5, 0.6) is 0 Å². The van der Waals surface area contributed by atoms with Crippen LogP contribution in [-0.4, -0.2) is 85.5 Å². The van der Waals surface area contributed by atoms with E-state index in [4.69, 9.17) is 4.74 Å². The number of amides is 2. The quantitative estimate of drug-likeness (QED) is 0.708. The molecule has 7 heteroatoms. The van der Waals surface area contributed by atoms with E-state index in [2.05, 4.69) is 30.9 Å². The van der Waals surface area contributed by atoms with Crippen molar-refractivity contribution in [3.05, 3.63) is 34.7 Å². The highest BCUT2D eigenvalue weighted by Gasteiger charge is 2.34. The van der Waals surface area contributed by atoms with E-state index < -0.39 is 0 Å². The fourth-order valence-electron chi connectivity index (χ4n) is 4.50. The van der Waals surface area contributed by atoms with Crippen molar-refractivity contribution in [1.29, 1.82) is 0 Å². The molecule has 2 aliphatic heterocycles. The minimum atomic E-state index is 0.113. The summed E-state index contributed by atoms with van der Waals surface area (Å²) in [4.78, 5) is 33.1. The predicted octanol–water partition coefficient (Wildman–Crippen LogP) is 3.03. The predicted molar refractivity (Wildman–Crippen MR) is 120 cm³/mol. The fraction of sp³-hybridized carbons (Fsp3) is 0.565. The summed E-state index contributed by atoms with van der Waals surface area (Å²) in [5.41, 5.74) is 1.14. The van der Waals surface area contributed by atoms with Crippen LogP contribution in [0.4, 0.5) is 0 Å². The van der Waals surface area contributed by atoms with E-state index >= 15 is 0 Å². The number of likely N-dealkylation sites (N-methyl/N-ethyl adjacent to an activating group) is 1. The standard InChI is InChI=1S/C23H31N3O3S/c1-3-24(4-2)16-20(27)26-10-9-17(15-26)21-18-7-5-6-8-19(18)30-22(21)23(28)25-11-13-29-14-12-25/h5-8,17H,3-4,9-16H2,1-2H3/t17-/m0/s1. The van der Waals surface area contributed by atoms with E-state index in [0.29, 0.717) is 39.4 Å². The minimum Gasteiger partial charge on any atom is -0.378 e. The molecule has 1 atom stereocenters. The Morgan fingerprint density at radius 2 is 1.83 bits per heavy atom. The van der Waals surface area contributed by atoms with E-state index in [-0.39, 0.29) is 17.7 Å². The molecular formula is C23H31N3O3S. The van der Waals surface area contributed by atoms with Gasteiger partial charge in [0.1, 0.15) is 0 Å². The van der Waals surface area contributed by atoms with Crippen molar-refractivity contribution in [2.24, 2.45) is 0 Å². The van der Waals surface area contributed by atoms with Gasteiger partial charge in [0, 0.05) is 36.8 Å². The van der Waals surface area contributed by atoms with Gasteiger partial charge >= 0.3 is 0 Å². The van der Waals surface area contributed by atoms with Gasteiger partial charge in [0.15, 0.2) is 0 Å². The van der Waals surface area contributed by atoms with Gasteiger partial charge in [0.05, 0.1) is 24.6 Å². The number of carbonyl (C=O) groups is 2. The molecule has 0 aliphatic carbocycles. The molecular weight excluding hydrogens is 398 g/mol. The summed E-state index contributed by atoms with van der Waals surface area (Å²) in [6.45, 7) is 10.4. The maximum atomic E-state index is 13.4. The van der Waals surface area contributed by atoms with E-state index in [1.807, 2.05) is 21.9 Å². The number of nitrogens with zero attached hydrogens (tertiary/aromatic N) is 3. The largest absolute Gasteiger partial charge is 0.378 e. The molecule has 0 N–H and O–H groups in total. The Hall–Kier alpha value is -1.96. The van der Waals surface area contributed by atoms with Crippen molar-refractivity contribution >= 4 is 33.2 Å². The highest BCUT2D eigenvalue weighted by Crippen LogP contribution is 2.40. The second kappa shape index (κ2) is 9.45. The van der Waals surface area contributed by atoms with Crippen LogP contribution in [0.25, 0.3) is 10.1 Å². The van der Waals surface area contributed by atoms with E-state index in [1.54, 1.807) is 11.3 Å². The third-order valence-electron chi connectivity index (χ3n) is 6.33. The summed E-state index contributed by atoms with van der Waals surface area (Å²) in [7, 11) is 0. The first-order valence-corrected chi connectivity index (χ1v) is 11.8. The molecule has 30 heavy (non-hydrogen) atoms. The number of hydrogen-bond acceptors (Lipinski definition) is 5. The lowest BCUT2D eigenvalue weighted by Crippen LogP contribution is -2.41. The molecule has 2 saturated heterocycles. The zero-order chi connectivity index (χ0) is 21.1. The molecule has 0 unspecified atom stereocenters. The second-order valence-corrected chi connectivity index (χ2v) is 9.08. The highest BCUT2D eigenvalue weighted by atomic mass is 32.1. The first-order valence-electron chi connectivity index (χ1n) is 11.0. The Morgan fingerprint density at radius 3 is 2.57 bits per heavy atom. The number of ether oxygens (including phenoxy) is 1. The van der Waals surface area contributed by atoms with Crippen LogP contribution in [0.15, 0.2) is 24.3 Å². The van der Waals surface area contributed by atoms with Crippen LogP contribution in [-0.2, 0) is 9.53 Å². The zero-order valence-electron chi connectivity index (χ0n) is 17.9. The zero-order valence-corrected chi connectivity index (χ0v) is 18.7. The molecule has 2 aliphatic rings. The number of rotatable bonds is 6. The van der Waals surface area contributed by atoms with Crippen LogP contribution >= 0.6 is 11.3 Å². The van der Waals surface area contributed by atoms with E-state index in [0.717, 1.165) is 41.2 Å². The highest BCUT2D eigenvalue weighted by molar-refractivity contribution is 7.21. The molecule has 1 aromatic heterocycles. The second-order valence-electron chi connectivity index (χ2n) is 8.03. The number of morpholine rings is 1.